The maximum absolute atomic E-state index is 12.0. The molecular formula is C20H20O6. The average molecular weight is 356 g/mol. The van der Waals surface area contributed by atoms with Crippen LogP contribution in [0.1, 0.15) is 20.7 Å². The number of aliphatic hydroxyl groups is 2. The zero-order chi connectivity index (χ0) is 18.8. The number of rotatable bonds is 8. The van der Waals surface area contributed by atoms with Crippen LogP contribution in [-0.2, 0) is 9.47 Å². The number of carbonyl (C=O) groups excluding carboxylic acids is 2. The van der Waals surface area contributed by atoms with Crippen molar-refractivity contribution in [3.63, 3.8) is 0 Å². The van der Waals surface area contributed by atoms with Gasteiger partial charge in [0.2, 0.25) is 0 Å². The fraction of sp³-hybridized carbons (Fsp3) is 0.200. The first kappa shape index (κ1) is 19.4. The fourth-order valence-electron chi connectivity index (χ4n) is 2.20. The number of ether oxygens (including phenoxy) is 2. The van der Waals surface area contributed by atoms with Crippen LogP contribution < -0.4 is 0 Å². The smallest absolute Gasteiger partial charge is 0.338 e. The molecule has 0 spiro atoms. The highest BCUT2D eigenvalue weighted by Gasteiger charge is 2.10. The molecule has 2 N–H and O–H groups in total. The number of carbonyl (C=O) groups is 2. The first-order valence-electron chi connectivity index (χ1n) is 8.05. The molecule has 0 bridgehead atoms. The highest BCUT2D eigenvalue weighted by Crippen LogP contribution is 2.19. The normalized spacial score (nSPS) is 11.3. The molecule has 0 aromatic heterocycles. The molecule has 2 aromatic carbocycles. The lowest BCUT2D eigenvalue weighted by Gasteiger charge is -2.06. The molecule has 6 heteroatoms. The van der Waals surface area contributed by atoms with E-state index in [0.717, 1.165) is 5.39 Å². The Morgan fingerprint density at radius 3 is 1.62 bits per heavy atom. The molecule has 0 saturated heterocycles. The maximum atomic E-state index is 12.0. The lowest BCUT2D eigenvalue weighted by molar-refractivity contribution is 0.0540. The molecule has 0 amide bonds. The summed E-state index contributed by atoms with van der Waals surface area (Å²) < 4.78 is 10.2. The van der Waals surface area contributed by atoms with Gasteiger partial charge in [0.05, 0.1) is 24.3 Å². The molecular weight excluding hydrogens is 336 g/mol. The number of hydrogen-bond acceptors (Lipinski definition) is 6. The van der Waals surface area contributed by atoms with Crippen molar-refractivity contribution in [3.8, 4) is 0 Å². The van der Waals surface area contributed by atoms with Gasteiger partial charge in [-0.2, -0.15) is 0 Å². The molecule has 26 heavy (non-hydrogen) atoms. The molecule has 6 nitrogen and oxygen atoms in total. The monoisotopic (exact) mass is 356 g/mol. The van der Waals surface area contributed by atoms with Crippen molar-refractivity contribution in [2.24, 2.45) is 0 Å². The second-order valence-electron chi connectivity index (χ2n) is 5.28. The van der Waals surface area contributed by atoms with Crippen LogP contribution in [0.2, 0.25) is 0 Å². The van der Waals surface area contributed by atoms with E-state index in [1.165, 1.54) is 12.2 Å². The Bertz CT molecular complexity index is 757. The van der Waals surface area contributed by atoms with Crippen LogP contribution in [0, 0.1) is 0 Å². The van der Waals surface area contributed by atoms with Gasteiger partial charge in [-0.25, -0.2) is 9.59 Å². The van der Waals surface area contributed by atoms with Gasteiger partial charge in [0, 0.05) is 0 Å². The van der Waals surface area contributed by atoms with Gasteiger partial charge < -0.3 is 19.7 Å². The van der Waals surface area contributed by atoms with Crippen LogP contribution in [-0.4, -0.2) is 48.6 Å². The largest absolute Gasteiger partial charge is 0.458 e. The molecule has 0 aliphatic carbocycles. The number of aliphatic hydroxyl groups excluding tert-OH is 2. The molecule has 136 valence electrons. The topological polar surface area (TPSA) is 93.1 Å². The lowest BCUT2D eigenvalue weighted by Crippen LogP contribution is -2.06. The summed E-state index contributed by atoms with van der Waals surface area (Å²) in [6.07, 6.45) is 6.08. The molecule has 0 saturated carbocycles. The zero-order valence-electron chi connectivity index (χ0n) is 14.1. The Kier molecular flexibility index (Phi) is 7.54. The van der Waals surface area contributed by atoms with Gasteiger partial charge in [0.15, 0.2) is 0 Å². The van der Waals surface area contributed by atoms with Gasteiger partial charge in [-0.1, -0.05) is 24.3 Å². The Balaban J connectivity index is 2.11. The number of benzene rings is 2. The van der Waals surface area contributed by atoms with E-state index in [0.29, 0.717) is 16.5 Å². The average Bonchev–Trinajstić information content (AvgIpc) is 2.67. The summed E-state index contributed by atoms with van der Waals surface area (Å²) in [7, 11) is 0. The minimum absolute atomic E-state index is 0.0746. The van der Waals surface area contributed by atoms with E-state index in [9.17, 15) is 9.59 Å². The van der Waals surface area contributed by atoms with Crippen LogP contribution in [0.15, 0.2) is 60.7 Å². The van der Waals surface area contributed by atoms with E-state index >= 15 is 0 Å². The summed E-state index contributed by atoms with van der Waals surface area (Å²) in [5, 5.41) is 18.9. The molecule has 2 aromatic rings. The van der Waals surface area contributed by atoms with Crippen LogP contribution in [0.25, 0.3) is 10.8 Å². The third kappa shape index (κ3) is 5.54. The summed E-state index contributed by atoms with van der Waals surface area (Å²) in [6.45, 7) is -0.0688. The van der Waals surface area contributed by atoms with Crippen molar-refractivity contribution < 1.29 is 29.3 Å². The van der Waals surface area contributed by atoms with Crippen LogP contribution in [0.3, 0.4) is 0 Å². The van der Waals surface area contributed by atoms with Crippen LogP contribution >= 0.6 is 0 Å². The van der Waals surface area contributed by atoms with Gasteiger partial charge in [-0.15, -0.1) is 0 Å². The zero-order valence-corrected chi connectivity index (χ0v) is 14.1. The number of hydrogen-bond donors (Lipinski definition) is 2. The quantitative estimate of drug-likeness (QED) is 0.557. The molecule has 0 aliphatic rings. The van der Waals surface area contributed by atoms with Crippen molar-refractivity contribution >= 4 is 22.7 Å². The maximum Gasteiger partial charge on any atom is 0.338 e. The Morgan fingerprint density at radius 2 is 1.19 bits per heavy atom. The van der Waals surface area contributed by atoms with Crippen LogP contribution in [0.5, 0.6) is 0 Å². The minimum Gasteiger partial charge on any atom is -0.458 e. The Labute approximate surface area is 151 Å². The van der Waals surface area contributed by atoms with Crippen molar-refractivity contribution in [2.75, 3.05) is 26.4 Å². The van der Waals surface area contributed by atoms with Gasteiger partial charge in [-0.3, -0.25) is 0 Å². The van der Waals surface area contributed by atoms with Crippen molar-refractivity contribution in [1.82, 2.24) is 0 Å². The van der Waals surface area contributed by atoms with E-state index in [1.807, 2.05) is 0 Å². The highest BCUT2D eigenvalue weighted by molar-refractivity contribution is 5.99. The van der Waals surface area contributed by atoms with Crippen molar-refractivity contribution in [2.45, 2.75) is 0 Å². The van der Waals surface area contributed by atoms with Gasteiger partial charge >= 0.3 is 11.9 Å². The predicted octanol–water partition coefficient (Wildman–Crippen LogP) is 2.25. The second-order valence-corrected chi connectivity index (χ2v) is 5.28. The third-order valence-corrected chi connectivity index (χ3v) is 3.48. The fourth-order valence-corrected chi connectivity index (χ4v) is 2.20. The molecule has 2 rings (SSSR count). The molecule has 0 fully saturated rings. The van der Waals surface area contributed by atoms with Crippen LogP contribution in [0.4, 0.5) is 0 Å². The van der Waals surface area contributed by atoms with Crippen molar-refractivity contribution in [1.29, 1.82) is 0 Å². The Morgan fingerprint density at radius 1 is 0.731 bits per heavy atom. The summed E-state index contributed by atoms with van der Waals surface area (Å²) in [5.74, 6) is -0.978. The Hall–Kier alpha value is -2.96. The SMILES string of the molecule is O=C(OCC=CCO)c1ccc2ccc(C(=O)OCC=CCO)cc2c1. The summed E-state index contributed by atoms with van der Waals surface area (Å²) in [4.78, 5) is 24.1. The highest BCUT2D eigenvalue weighted by atomic mass is 16.5. The predicted molar refractivity (Wildman–Crippen MR) is 97.0 cm³/mol. The van der Waals surface area contributed by atoms with E-state index < -0.39 is 11.9 Å². The van der Waals surface area contributed by atoms with Gasteiger partial charge in [0.1, 0.15) is 13.2 Å². The first-order chi connectivity index (χ1) is 12.7. The summed E-state index contributed by atoms with van der Waals surface area (Å²) in [5.41, 5.74) is 0.734. The first-order valence-corrected chi connectivity index (χ1v) is 8.05. The second kappa shape index (κ2) is 10.1. The lowest BCUT2D eigenvalue weighted by atomic mass is 10.0. The molecule has 0 radical (unpaired) electrons. The van der Waals surface area contributed by atoms with E-state index in [1.54, 1.807) is 48.6 Å². The van der Waals surface area contributed by atoms with E-state index in [2.05, 4.69) is 0 Å². The molecule has 0 heterocycles. The van der Waals surface area contributed by atoms with E-state index in [-0.39, 0.29) is 26.4 Å². The standard InChI is InChI=1S/C20H20O6/c21-9-1-3-11-25-19(23)16-7-5-15-6-8-17(14-18(15)13-16)20(24)26-12-4-2-10-22/h1-8,13-14,21-22H,9-12H2. The minimum atomic E-state index is -0.489. The summed E-state index contributed by atoms with van der Waals surface area (Å²) in [6, 6.07) is 10.1. The molecule has 0 unspecified atom stereocenters. The van der Waals surface area contributed by atoms with E-state index in [4.69, 9.17) is 19.7 Å². The van der Waals surface area contributed by atoms with Crippen molar-refractivity contribution in [3.05, 3.63) is 71.8 Å². The van der Waals surface area contributed by atoms with Gasteiger partial charge in [-0.05, 0) is 47.2 Å². The number of esters is 2. The summed E-state index contributed by atoms with van der Waals surface area (Å²) >= 11 is 0. The third-order valence-electron chi connectivity index (χ3n) is 3.48. The van der Waals surface area contributed by atoms with Gasteiger partial charge in [0.25, 0.3) is 0 Å². The molecule has 0 aliphatic heterocycles. The number of fused-ring (bicyclic) bond motifs is 1. The molecule has 0 atom stereocenters.